The van der Waals surface area contributed by atoms with E-state index in [2.05, 4.69) is 15.3 Å². The maximum atomic E-state index is 12.5. The second kappa shape index (κ2) is 10.4. The number of hydrogen-bond donors (Lipinski definition) is 1. The number of rotatable bonds is 5. The predicted octanol–water partition coefficient (Wildman–Crippen LogP) is -2.10. The Kier molecular flexibility index (Phi) is 9.20. The van der Waals surface area contributed by atoms with Crippen molar-refractivity contribution in [2.75, 3.05) is 0 Å². The molecule has 0 saturated carbocycles. The van der Waals surface area contributed by atoms with Gasteiger partial charge in [0, 0.05) is 5.88 Å². The molecule has 1 heterocycles. The number of hydrogen-bond acceptors (Lipinski definition) is 10. The molecule has 12 nitrogen and oxygen atoms in total. The van der Waals surface area contributed by atoms with E-state index in [0.29, 0.717) is 11.8 Å². The smallest absolute Gasteiger partial charge is 0.870 e. The van der Waals surface area contributed by atoms with Crippen molar-refractivity contribution in [1.82, 2.24) is 9.78 Å². The molecule has 1 aromatic heterocycles. The largest absolute Gasteiger partial charge is 3.00 e. The maximum Gasteiger partial charge on any atom is 3.00 e. The minimum Gasteiger partial charge on any atom is -0.870 e. The van der Waals surface area contributed by atoms with Crippen molar-refractivity contribution >= 4 is 31.6 Å². The fourth-order valence-electron chi connectivity index (χ4n) is 2.43. The Balaban J connectivity index is 0.00000256. The van der Waals surface area contributed by atoms with E-state index in [1.165, 1.54) is 6.92 Å². The van der Waals surface area contributed by atoms with E-state index in [1.807, 2.05) is 0 Å². The summed E-state index contributed by atoms with van der Waals surface area (Å²) in [7, 11) is -10.4. The van der Waals surface area contributed by atoms with Crippen LogP contribution in [0.2, 0.25) is 0 Å². The molecule has 2 aromatic carbocycles. The van der Waals surface area contributed by atoms with Gasteiger partial charge in [0.15, 0.2) is 0 Å². The van der Waals surface area contributed by atoms with E-state index < -0.39 is 47.3 Å². The van der Waals surface area contributed by atoms with Crippen LogP contribution < -0.4 is 39.8 Å². The summed E-state index contributed by atoms with van der Waals surface area (Å²) in [6.45, 7) is 1.43. The monoisotopic (exact) mass is 526 g/mol. The van der Waals surface area contributed by atoms with Crippen LogP contribution in [0.25, 0.3) is 5.69 Å². The Morgan fingerprint density at radius 1 is 1.03 bits per heavy atom. The summed E-state index contributed by atoms with van der Waals surface area (Å²) in [4.78, 5) is -2.49. The van der Waals surface area contributed by atoms with Crippen molar-refractivity contribution in [3.05, 3.63) is 48.2 Å². The molecule has 161 valence electrons. The fraction of sp³-hybridized carbons (Fsp3) is 0.0625. The molecule has 32 heavy (non-hydrogen) atoms. The first-order chi connectivity index (χ1) is 13.9. The molecule has 0 bridgehead atoms. The normalized spacial score (nSPS) is 11.7. The molecular formula is C16H11CrN4NaO8S2+. The van der Waals surface area contributed by atoms with Crippen LogP contribution in [0.1, 0.15) is 5.69 Å². The fourth-order valence-corrected chi connectivity index (χ4v) is 3.64. The Hall–Kier alpha value is -1.80. The predicted molar refractivity (Wildman–Crippen MR) is 95.6 cm³/mol. The van der Waals surface area contributed by atoms with Crippen molar-refractivity contribution in [1.29, 1.82) is 0 Å². The summed E-state index contributed by atoms with van der Waals surface area (Å²) < 4.78 is 66.6. The van der Waals surface area contributed by atoms with Crippen LogP contribution in [0.4, 0.5) is 11.4 Å². The number of aromatic nitrogens is 2. The average Bonchev–Trinajstić information content (AvgIpc) is 2.93. The van der Waals surface area contributed by atoms with Gasteiger partial charge in [-0.15, -0.1) is 5.11 Å². The van der Waals surface area contributed by atoms with Gasteiger partial charge in [-0.1, -0.05) is 23.9 Å². The van der Waals surface area contributed by atoms with Gasteiger partial charge in [-0.05, 0) is 31.2 Å². The van der Waals surface area contributed by atoms with Crippen LogP contribution >= 0.6 is 0 Å². The zero-order valence-electron chi connectivity index (χ0n) is 16.4. The molecule has 0 amide bonds. The van der Waals surface area contributed by atoms with E-state index in [9.17, 15) is 31.6 Å². The minimum absolute atomic E-state index is 0. The van der Waals surface area contributed by atoms with Crippen LogP contribution in [0.5, 0.6) is 11.6 Å². The van der Waals surface area contributed by atoms with Crippen molar-refractivity contribution in [2.24, 2.45) is 10.2 Å². The van der Waals surface area contributed by atoms with Crippen LogP contribution in [0.15, 0.2) is 62.5 Å². The van der Waals surface area contributed by atoms with Crippen molar-refractivity contribution in [2.45, 2.75) is 16.7 Å². The van der Waals surface area contributed by atoms with Gasteiger partial charge in [0.1, 0.15) is 15.8 Å². The van der Waals surface area contributed by atoms with Crippen molar-refractivity contribution in [3.8, 4) is 17.3 Å². The van der Waals surface area contributed by atoms with Gasteiger partial charge in [-0.25, -0.2) is 13.1 Å². The van der Waals surface area contributed by atoms with Gasteiger partial charge in [-0.3, -0.25) is 4.55 Å². The molecule has 16 heteroatoms. The molecule has 0 aliphatic carbocycles. The van der Waals surface area contributed by atoms with Crippen molar-refractivity contribution < 1.29 is 83.1 Å². The molecule has 0 saturated heterocycles. The number of azo groups is 1. The number of benzene rings is 2. The molecule has 0 aliphatic heterocycles. The van der Waals surface area contributed by atoms with E-state index in [4.69, 9.17) is 4.55 Å². The van der Waals surface area contributed by atoms with Crippen LogP contribution in [-0.4, -0.2) is 35.7 Å². The molecule has 1 radical (unpaired) electrons. The second-order valence-electron chi connectivity index (χ2n) is 5.89. The minimum atomic E-state index is -5.20. The molecular weight excluding hydrogens is 515 g/mol. The van der Waals surface area contributed by atoms with Gasteiger partial charge < -0.3 is 14.8 Å². The first-order valence-corrected chi connectivity index (χ1v) is 10.8. The average molecular weight is 526 g/mol. The molecule has 3 rings (SSSR count). The topological polar surface area (TPSA) is 200 Å². The maximum absolute atomic E-state index is 12.5. The van der Waals surface area contributed by atoms with Crippen LogP contribution in [-0.2, 0) is 37.6 Å². The van der Waals surface area contributed by atoms with Crippen LogP contribution in [0.3, 0.4) is 0 Å². The molecule has 3 aromatic rings. The summed E-state index contributed by atoms with van der Waals surface area (Å²) in [5.41, 5.74) is -0.653. The number of aryl methyl sites for hydroxylation is 1. The first-order valence-electron chi connectivity index (χ1n) is 7.92. The Labute approximate surface area is 215 Å². The first kappa shape index (κ1) is 28.2. The third kappa shape index (κ3) is 5.95. The standard InChI is InChI=1S/C16H14N4O8S2.Cr.Na/c1-9-14(16(22)20(19-9)10-5-3-2-4-6-10)18-17-12-7-11(29(23,24)25)8-13(15(12)21)30(26,27)28;;/h2-8,21-22H,1H3,(H,23,24,25)(H,26,27,28);;/q;+3;+1/p-3. The van der Waals surface area contributed by atoms with Gasteiger partial charge in [0.2, 0.25) is 0 Å². The molecule has 0 aliphatic rings. The molecule has 1 N–H and O–H groups in total. The quantitative estimate of drug-likeness (QED) is 0.219. The number of nitrogens with zero attached hydrogens (tertiary/aromatic N) is 4. The summed E-state index contributed by atoms with van der Waals surface area (Å²) in [5, 5.41) is 35.8. The summed E-state index contributed by atoms with van der Waals surface area (Å²) >= 11 is 0. The summed E-state index contributed by atoms with van der Waals surface area (Å²) in [5.74, 6) is -2.12. The van der Waals surface area contributed by atoms with Crippen LogP contribution in [0, 0.1) is 6.92 Å². The van der Waals surface area contributed by atoms with Crippen molar-refractivity contribution in [3.63, 3.8) is 0 Å². The zero-order valence-corrected chi connectivity index (χ0v) is 21.3. The van der Waals surface area contributed by atoms with Gasteiger partial charge in [0.05, 0.1) is 26.9 Å². The SMILES string of the molecule is Cc1nn(-c2ccccc2)c([O-])c1N=Nc1cc(S(=O)(=O)[O-])cc(S(=O)(=O)O)c1[O-].[Cr+3].[Na+]. The Morgan fingerprint density at radius 2 is 1.62 bits per heavy atom. The molecule has 0 fully saturated rings. The van der Waals surface area contributed by atoms with E-state index in [0.717, 1.165) is 4.68 Å². The summed E-state index contributed by atoms with van der Waals surface area (Å²) in [6.07, 6.45) is 0. The van der Waals surface area contributed by atoms with E-state index in [-0.39, 0.29) is 64.4 Å². The second-order valence-corrected chi connectivity index (χ2v) is 8.65. The third-order valence-electron chi connectivity index (χ3n) is 3.82. The Bertz CT molecular complexity index is 1380. The van der Waals surface area contributed by atoms with Gasteiger partial charge in [0.25, 0.3) is 10.1 Å². The summed E-state index contributed by atoms with van der Waals surface area (Å²) in [6, 6.07) is 8.98. The van der Waals surface area contributed by atoms with Gasteiger partial charge >= 0.3 is 46.9 Å². The number of para-hydroxylation sites is 1. The molecule has 0 unspecified atom stereocenters. The molecule has 0 atom stereocenters. The third-order valence-corrected chi connectivity index (χ3v) is 5.49. The van der Waals surface area contributed by atoms with E-state index in [1.54, 1.807) is 30.3 Å². The van der Waals surface area contributed by atoms with E-state index >= 15 is 0 Å². The Morgan fingerprint density at radius 3 is 2.16 bits per heavy atom. The molecule has 0 spiro atoms. The van der Waals surface area contributed by atoms with Gasteiger partial charge in [-0.2, -0.15) is 18.6 Å². The zero-order chi connectivity index (χ0) is 22.3.